The van der Waals surface area contributed by atoms with Crippen LogP contribution in [0.25, 0.3) is 0 Å². The number of nitrogens with one attached hydrogen (secondary N) is 2. The number of benzene rings is 2. The summed E-state index contributed by atoms with van der Waals surface area (Å²) >= 11 is 5.62. The number of anilines is 1. The molecule has 0 aliphatic rings. The van der Waals surface area contributed by atoms with Crippen LogP contribution >= 0.6 is 11.6 Å². The van der Waals surface area contributed by atoms with Crippen molar-refractivity contribution >= 4 is 35.1 Å². The molecule has 0 aromatic heterocycles. The predicted octanol–water partition coefficient (Wildman–Crippen LogP) is 3.45. The van der Waals surface area contributed by atoms with E-state index >= 15 is 0 Å². The maximum Gasteiger partial charge on any atom is 0.308 e. The molecule has 154 valence electrons. The quantitative estimate of drug-likeness (QED) is 0.662. The maximum absolute atomic E-state index is 13.7. The molecule has 0 saturated heterocycles. The first-order valence-electron chi connectivity index (χ1n) is 8.36. The van der Waals surface area contributed by atoms with Gasteiger partial charge in [0.2, 0.25) is 0 Å². The summed E-state index contributed by atoms with van der Waals surface area (Å²) in [6.45, 7) is 1.09. The lowest BCUT2D eigenvalue weighted by atomic mass is 10.2. The summed E-state index contributed by atoms with van der Waals surface area (Å²) in [6, 6.07) is 6.11. The molecule has 2 rings (SSSR count). The van der Waals surface area contributed by atoms with E-state index < -0.39 is 41.3 Å². The molecule has 0 aliphatic carbocycles. The molecule has 0 bridgehead atoms. The molecule has 1 unspecified atom stereocenters. The minimum absolute atomic E-state index is 0.129. The number of amides is 2. The van der Waals surface area contributed by atoms with Gasteiger partial charge in [-0.25, -0.2) is 13.2 Å². The molecule has 2 N–H and O–H groups in total. The number of ether oxygens (including phenoxy) is 1. The van der Waals surface area contributed by atoms with Gasteiger partial charge in [-0.2, -0.15) is 0 Å². The van der Waals surface area contributed by atoms with Crippen molar-refractivity contribution in [1.82, 2.24) is 5.32 Å². The van der Waals surface area contributed by atoms with Gasteiger partial charge >= 0.3 is 5.97 Å². The Kier molecular flexibility index (Phi) is 7.60. The highest BCUT2D eigenvalue weighted by atomic mass is 35.5. The maximum atomic E-state index is 13.7. The Balaban J connectivity index is 1.79. The van der Waals surface area contributed by atoms with Gasteiger partial charge in [0.1, 0.15) is 17.5 Å². The Bertz CT molecular complexity index is 940. The van der Waals surface area contributed by atoms with Gasteiger partial charge in [0, 0.05) is 17.6 Å². The average molecular weight is 429 g/mol. The van der Waals surface area contributed by atoms with Gasteiger partial charge in [-0.1, -0.05) is 11.6 Å². The molecule has 0 heterocycles. The van der Waals surface area contributed by atoms with E-state index in [1.54, 1.807) is 0 Å². The zero-order chi connectivity index (χ0) is 21.6. The lowest BCUT2D eigenvalue weighted by molar-refractivity contribution is -0.153. The Hall–Kier alpha value is -3.07. The van der Waals surface area contributed by atoms with Crippen molar-refractivity contribution in [3.63, 3.8) is 0 Å². The molecule has 0 spiro atoms. The smallest absolute Gasteiger partial charge is 0.308 e. The third-order valence-corrected chi connectivity index (χ3v) is 3.89. The highest BCUT2D eigenvalue weighted by Gasteiger charge is 2.19. The third-order valence-electron chi connectivity index (χ3n) is 3.66. The molecule has 0 radical (unpaired) electrons. The van der Waals surface area contributed by atoms with Crippen molar-refractivity contribution in [2.45, 2.75) is 19.4 Å². The molecule has 2 aromatic carbocycles. The molecule has 0 aliphatic heterocycles. The second-order valence-corrected chi connectivity index (χ2v) is 6.31. The minimum atomic E-state index is -1.23. The van der Waals surface area contributed by atoms with Crippen LogP contribution in [0.5, 0.6) is 0 Å². The first-order chi connectivity index (χ1) is 13.7. The number of carbonyl (C=O) groups excluding carboxylic acids is 3. The summed E-state index contributed by atoms with van der Waals surface area (Å²) < 4.78 is 44.9. The van der Waals surface area contributed by atoms with Crippen molar-refractivity contribution in [3.8, 4) is 0 Å². The number of hydrogen-bond donors (Lipinski definition) is 2. The van der Waals surface area contributed by atoms with Crippen molar-refractivity contribution in [2.75, 3.05) is 11.9 Å². The van der Waals surface area contributed by atoms with Gasteiger partial charge in [0.25, 0.3) is 11.8 Å². The first kappa shape index (κ1) is 22.2. The molecule has 0 fully saturated rings. The van der Waals surface area contributed by atoms with Crippen LogP contribution in [0.1, 0.15) is 23.7 Å². The van der Waals surface area contributed by atoms with E-state index in [0.717, 1.165) is 18.2 Å². The number of halogens is 4. The zero-order valence-electron chi connectivity index (χ0n) is 15.1. The van der Waals surface area contributed by atoms with Crippen LogP contribution in [-0.2, 0) is 14.3 Å². The summed E-state index contributed by atoms with van der Waals surface area (Å²) in [6.07, 6.45) is -1.54. The molecule has 29 heavy (non-hydrogen) atoms. The van der Waals surface area contributed by atoms with Gasteiger partial charge in [-0.15, -0.1) is 0 Å². The highest BCUT2D eigenvalue weighted by molar-refractivity contribution is 6.30. The predicted molar refractivity (Wildman–Crippen MR) is 98.9 cm³/mol. The van der Waals surface area contributed by atoms with Crippen LogP contribution in [0, 0.1) is 17.5 Å². The van der Waals surface area contributed by atoms with Gasteiger partial charge in [-0.05, 0) is 37.3 Å². The lowest BCUT2D eigenvalue weighted by Gasteiger charge is -2.14. The fourth-order valence-corrected chi connectivity index (χ4v) is 2.34. The van der Waals surface area contributed by atoms with Crippen LogP contribution in [0.2, 0.25) is 5.02 Å². The number of carbonyl (C=O) groups is 3. The number of rotatable bonds is 7. The van der Waals surface area contributed by atoms with Crippen LogP contribution in [-0.4, -0.2) is 30.4 Å². The van der Waals surface area contributed by atoms with Crippen LogP contribution in [0.4, 0.5) is 18.9 Å². The standard InChI is InChI=1S/C19H16ClF3N2O4/c1-10(18(27)25-16-5-2-11(20)8-15(16)23)29-17(26)6-7-24-19(28)13-4-3-12(21)9-14(13)22/h2-5,8-10H,6-7H2,1H3,(H,24,28)(H,25,27). The molecule has 0 saturated carbocycles. The fraction of sp³-hybridized carbons (Fsp3) is 0.211. The Labute approximate surface area is 169 Å². The van der Waals surface area contributed by atoms with Crippen LogP contribution in [0.15, 0.2) is 36.4 Å². The molecule has 2 aromatic rings. The molecule has 2 amide bonds. The van der Waals surface area contributed by atoms with Crippen molar-refractivity contribution in [2.24, 2.45) is 0 Å². The second-order valence-electron chi connectivity index (χ2n) is 5.88. The molecule has 10 heteroatoms. The van der Waals surface area contributed by atoms with Crippen molar-refractivity contribution in [1.29, 1.82) is 0 Å². The topological polar surface area (TPSA) is 84.5 Å². The summed E-state index contributed by atoms with van der Waals surface area (Å²) in [5.41, 5.74) is -0.506. The highest BCUT2D eigenvalue weighted by Crippen LogP contribution is 2.19. The van der Waals surface area contributed by atoms with Gasteiger partial charge < -0.3 is 15.4 Å². The molecular weight excluding hydrogens is 413 g/mol. The third kappa shape index (κ3) is 6.49. The van der Waals surface area contributed by atoms with Gasteiger partial charge in [0.15, 0.2) is 6.10 Å². The Morgan fingerprint density at radius 2 is 1.79 bits per heavy atom. The van der Waals surface area contributed by atoms with Gasteiger partial charge in [-0.3, -0.25) is 14.4 Å². The summed E-state index contributed by atoms with van der Waals surface area (Å²) in [5.74, 6) is -5.03. The normalized spacial score (nSPS) is 11.5. The first-order valence-corrected chi connectivity index (χ1v) is 8.74. The molecule has 1 atom stereocenters. The average Bonchev–Trinajstić information content (AvgIpc) is 2.63. The lowest BCUT2D eigenvalue weighted by Crippen LogP contribution is -2.32. The van der Waals surface area contributed by atoms with E-state index in [9.17, 15) is 27.6 Å². The van der Waals surface area contributed by atoms with Crippen LogP contribution in [0.3, 0.4) is 0 Å². The zero-order valence-corrected chi connectivity index (χ0v) is 15.9. The van der Waals surface area contributed by atoms with E-state index in [1.165, 1.54) is 19.1 Å². The molecule has 6 nitrogen and oxygen atoms in total. The van der Waals surface area contributed by atoms with E-state index in [4.69, 9.17) is 16.3 Å². The summed E-state index contributed by atoms with van der Waals surface area (Å²) in [7, 11) is 0. The monoisotopic (exact) mass is 428 g/mol. The van der Waals surface area contributed by atoms with Crippen molar-refractivity contribution in [3.05, 3.63) is 64.4 Å². The fourth-order valence-electron chi connectivity index (χ4n) is 2.18. The van der Waals surface area contributed by atoms with E-state index in [2.05, 4.69) is 10.6 Å². The van der Waals surface area contributed by atoms with Crippen molar-refractivity contribution < 1.29 is 32.3 Å². The SMILES string of the molecule is CC(OC(=O)CCNC(=O)c1ccc(F)cc1F)C(=O)Nc1ccc(Cl)cc1F. The summed E-state index contributed by atoms with van der Waals surface area (Å²) in [5, 5.41) is 4.69. The van der Waals surface area contributed by atoms with Crippen LogP contribution < -0.4 is 10.6 Å². The summed E-state index contributed by atoms with van der Waals surface area (Å²) in [4.78, 5) is 35.6. The Morgan fingerprint density at radius 1 is 1.07 bits per heavy atom. The van der Waals surface area contributed by atoms with E-state index in [-0.39, 0.29) is 29.2 Å². The number of esters is 1. The largest absolute Gasteiger partial charge is 0.452 e. The molecular formula is C19H16ClF3N2O4. The van der Waals surface area contributed by atoms with E-state index in [1.807, 2.05) is 0 Å². The van der Waals surface area contributed by atoms with Gasteiger partial charge in [0.05, 0.1) is 17.7 Å². The van der Waals surface area contributed by atoms with E-state index in [0.29, 0.717) is 6.07 Å². The number of hydrogen-bond acceptors (Lipinski definition) is 4. The minimum Gasteiger partial charge on any atom is -0.452 e. The Morgan fingerprint density at radius 3 is 2.45 bits per heavy atom. The second kappa shape index (κ2) is 9.92.